The molecule has 1 heterocycles. The zero-order chi connectivity index (χ0) is 17.3. The standard InChI is InChI=1S/C14H24F3N5S.HI/c1-4-18-13(19-7-5-9-22(2)3)20-8-6-12-21-11(10-23-12)14(15,16)17;/h10H,4-9H2,1-3H3,(H2,18,19,20);1H. The van der Waals surface area contributed by atoms with E-state index < -0.39 is 11.9 Å². The number of nitrogens with zero attached hydrogens (tertiary/aromatic N) is 3. The van der Waals surface area contributed by atoms with Crippen LogP contribution in [0.1, 0.15) is 24.0 Å². The molecule has 0 saturated heterocycles. The molecule has 1 aromatic heterocycles. The first-order chi connectivity index (χ1) is 10.8. The van der Waals surface area contributed by atoms with Crippen molar-refractivity contribution in [3.05, 3.63) is 16.1 Å². The second-order valence-electron chi connectivity index (χ2n) is 5.22. The Morgan fingerprint density at radius 2 is 2.04 bits per heavy atom. The van der Waals surface area contributed by atoms with Gasteiger partial charge in [0.25, 0.3) is 0 Å². The molecular formula is C14H25F3IN5S. The van der Waals surface area contributed by atoms with E-state index in [1.807, 2.05) is 21.0 Å². The fraction of sp³-hybridized carbons (Fsp3) is 0.714. The number of halogens is 4. The van der Waals surface area contributed by atoms with Crippen LogP contribution in [-0.2, 0) is 12.6 Å². The molecule has 0 fully saturated rings. The van der Waals surface area contributed by atoms with E-state index >= 15 is 0 Å². The molecule has 2 N–H and O–H groups in total. The van der Waals surface area contributed by atoms with Gasteiger partial charge in [0.15, 0.2) is 11.7 Å². The number of alkyl halides is 3. The molecule has 1 rings (SSSR count). The number of nitrogens with one attached hydrogen (secondary N) is 2. The van der Waals surface area contributed by atoms with E-state index in [1.54, 1.807) is 0 Å². The first-order valence-corrected chi connectivity index (χ1v) is 8.39. The van der Waals surface area contributed by atoms with Gasteiger partial charge in [-0.3, -0.25) is 4.99 Å². The summed E-state index contributed by atoms with van der Waals surface area (Å²) in [7, 11) is 4.02. The highest BCUT2D eigenvalue weighted by Crippen LogP contribution is 2.29. The van der Waals surface area contributed by atoms with Crippen LogP contribution in [0.2, 0.25) is 0 Å². The van der Waals surface area contributed by atoms with Crippen molar-refractivity contribution < 1.29 is 13.2 Å². The van der Waals surface area contributed by atoms with Gasteiger partial charge in [0.2, 0.25) is 0 Å². The number of hydrogen-bond donors (Lipinski definition) is 2. The summed E-state index contributed by atoms with van der Waals surface area (Å²) >= 11 is 1.03. The Morgan fingerprint density at radius 3 is 2.58 bits per heavy atom. The van der Waals surface area contributed by atoms with E-state index in [4.69, 9.17) is 0 Å². The second kappa shape index (κ2) is 11.9. The Bertz CT molecular complexity index is 491. The third-order valence-electron chi connectivity index (χ3n) is 2.85. The lowest BCUT2D eigenvalue weighted by molar-refractivity contribution is -0.140. The van der Waals surface area contributed by atoms with Crippen LogP contribution in [0.4, 0.5) is 13.2 Å². The van der Waals surface area contributed by atoms with Gasteiger partial charge in [-0.15, -0.1) is 35.3 Å². The average Bonchev–Trinajstić information content (AvgIpc) is 2.92. The maximum absolute atomic E-state index is 12.5. The first-order valence-electron chi connectivity index (χ1n) is 7.51. The van der Waals surface area contributed by atoms with Crippen LogP contribution in [0.5, 0.6) is 0 Å². The Kier molecular flexibility index (Phi) is 11.5. The fourth-order valence-corrected chi connectivity index (χ4v) is 2.57. The Labute approximate surface area is 162 Å². The highest BCUT2D eigenvalue weighted by molar-refractivity contribution is 14.0. The summed E-state index contributed by atoms with van der Waals surface area (Å²) in [6.07, 6.45) is -2.99. The predicted molar refractivity (Wildman–Crippen MR) is 103 cm³/mol. The molecule has 0 aromatic carbocycles. The van der Waals surface area contributed by atoms with Crippen molar-refractivity contribution in [2.75, 3.05) is 40.3 Å². The van der Waals surface area contributed by atoms with Crippen LogP contribution in [0.3, 0.4) is 0 Å². The summed E-state index contributed by atoms with van der Waals surface area (Å²) in [5.41, 5.74) is -0.818. The molecule has 10 heteroatoms. The van der Waals surface area contributed by atoms with Gasteiger partial charge in [-0.2, -0.15) is 13.2 Å². The second-order valence-corrected chi connectivity index (χ2v) is 6.16. The summed E-state index contributed by atoms with van der Waals surface area (Å²) in [6, 6.07) is 0. The van der Waals surface area contributed by atoms with Gasteiger partial charge in [0, 0.05) is 31.4 Å². The van der Waals surface area contributed by atoms with Crippen molar-refractivity contribution in [2.24, 2.45) is 4.99 Å². The quantitative estimate of drug-likeness (QED) is 0.261. The molecule has 0 saturated carbocycles. The average molecular weight is 479 g/mol. The largest absolute Gasteiger partial charge is 0.434 e. The Hall–Kier alpha value is -0.620. The van der Waals surface area contributed by atoms with Crippen molar-refractivity contribution in [2.45, 2.75) is 25.9 Å². The van der Waals surface area contributed by atoms with Gasteiger partial charge in [0.1, 0.15) is 0 Å². The smallest absolute Gasteiger partial charge is 0.357 e. The van der Waals surface area contributed by atoms with Gasteiger partial charge in [-0.1, -0.05) is 0 Å². The van der Waals surface area contributed by atoms with E-state index in [0.717, 1.165) is 36.2 Å². The predicted octanol–water partition coefficient (Wildman–Crippen LogP) is 2.83. The summed E-state index contributed by atoms with van der Waals surface area (Å²) in [4.78, 5) is 10.1. The molecular weight excluding hydrogens is 454 g/mol. The lowest BCUT2D eigenvalue weighted by Gasteiger charge is -2.11. The third-order valence-corrected chi connectivity index (χ3v) is 3.76. The van der Waals surface area contributed by atoms with Gasteiger partial charge < -0.3 is 15.5 Å². The molecule has 0 aliphatic rings. The van der Waals surface area contributed by atoms with Crippen molar-refractivity contribution in [3.63, 3.8) is 0 Å². The van der Waals surface area contributed by atoms with Crippen molar-refractivity contribution >= 4 is 41.3 Å². The van der Waals surface area contributed by atoms with Gasteiger partial charge in [-0.05, 0) is 34.0 Å². The number of thiazole rings is 1. The first kappa shape index (κ1) is 23.4. The zero-order valence-electron chi connectivity index (χ0n) is 14.1. The van der Waals surface area contributed by atoms with Gasteiger partial charge in [0.05, 0.1) is 5.01 Å². The van der Waals surface area contributed by atoms with Crippen LogP contribution in [-0.4, -0.2) is 56.1 Å². The minimum Gasteiger partial charge on any atom is -0.357 e. The maximum atomic E-state index is 12.5. The summed E-state index contributed by atoms with van der Waals surface area (Å²) in [5, 5.41) is 7.75. The van der Waals surface area contributed by atoms with Gasteiger partial charge >= 0.3 is 6.18 Å². The number of rotatable bonds is 8. The zero-order valence-corrected chi connectivity index (χ0v) is 17.3. The lowest BCUT2D eigenvalue weighted by atomic mass is 10.4. The Morgan fingerprint density at radius 1 is 1.33 bits per heavy atom. The highest BCUT2D eigenvalue weighted by Gasteiger charge is 2.33. The number of hydrogen-bond acceptors (Lipinski definition) is 4. The molecule has 0 bridgehead atoms. The van der Waals surface area contributed by atoms with Crippen LogP contribution in [0.15, 0.2) is 10.4 Å². The van der Waals surface area contributed by atoms with Crippen molar-refractivity contribution in [3.8, 4) is 0 Å². The SMILES string of the molecule is CCNC(=NCCCN(C)C)NCCc1nc(C(F)(F)F)cs1.I. The number of aromatic nitrogens is 1. The molecule has 5 nitrogen and oxygen atoms in total. The molecule has 24 heavy (non-hydrogen) atoms. The van der Waals surface area contributed by atoms with E-state index in [2.05, 4.69) is 25.5 Å². The Balaban J connectivity index is 0.00000529. The maximum Gasteiger partial charge on any atom is 0.434 e. The molecule has 0 atom stereocenters. The van der Waals surface area contributed by atoms with E-state index in [0.29, 0.717) is 30.5 Å². The van der Waals surface area contributed by atoms with Crippen molar-refractivity contribution in [1.29, 1.82) is 0 Å². The minimum atomic E-state index is -4.37. The van der Waals surface area contributed by atoms with E-state index in [9.17, 15) is 13.2 Å². The number of guanidine groups is 1. The molecule has 140 valence electrons. The van der Waals surface area contributed by atoms with Crippen LogP contribution >= 0.6 is 35.3 Å². The van der Waals surface area contributed by atoms with Gasteiger partial charge in [-0.25, -0.2) is 4.98 Å². The minimum absolute atomic E-state index is 0. The highest BCUT2D eigenvalue weighted by atomic mass is 127. The molecule has 0 spiro atoms. The van der Waals surface area contributed by atoms with Crippen molar-refractivity contribution in [1.82, 2.24) is 20.5 Å². The van der Waals surface area contributed by atoms with Crippen LogP contribution in [0.25, 0.3) is 0 Å². The van der Waals surface area contributed by atoms with E-state index in [-0.39, 0.29) is 24.0 Å². The topological polar surface area (TPSA) is 52.6 Å². The monoisotopic (exact) mass is 479 g/mol. The molecule has 0 amide bonds. The molecule has 0 aliphatic heterocycles. The lowest BCUT2D eigenvalue weighted by Crippen LogP contribution is -2.38. The fourth-order valence-electron chi connectivity index (χ4n) is 1.76. The molecule has 0 radical (unpaired) electrons. The van der Waals surface area contributed by atoms with Crippen LogP contribution < -0.4 is 10.6 Å². The van der Waals surface area contributed by atoms with E-state index in [1.165, 1.54) is 0 Å². The normalized spacial score (nSPS) is 12.2. The third kappa shape index (κ3) is 9.62. The van der Waals surface area contributed by atoms with Crippen LogP contribution in [0, 0.1) is 0 Å². The molecule has 1 aromatic rings. The molecule has 0 aliphatic carbocycles. The molecule has 0 unspecified atom stereocenters. The summed E-state index contributed by atoms with van der Waals surface area (Å²) in [6.45, 7) is 4.85. The number of aliphatic imine (C=N–C) groups is 1. The summed E-state index contributed by atoms with van der Waals surface area (Å²) < 4.78 is 37.4. The summed E-state index contributed by atoms with van der Waals surface area (Å²) in [5.74, 6) is 0.679.